The number of rotatable bonds is 6. The van der Waals surface area contributed by atoms with Crippen LogP contribution in [0.3, 0.4) is 0 Å². The molecule has 1 aromatic carbocycles. The SMILES string of the molecule is CC(NCC(O)CC(C)(C)C)c1ccc(S(N)(=O)=O)cc1. The fourth-order valence-electron chi connectivity index (χ4n) is 2.16. The summed E-state index contributed by atoms with van der Waals surface area (Å²) in [4.78, 5) is 0.103. The molecule has 0 saturated heterocycles. The maximum absolute atomic E-state index is 11.2. The predicted molar refractivity (Wildman–Crippen MR) is 84.3 cm³/mol. The van der Waals surface area contributed by atoms with Crippen LogP contribution < -0.4 is 10.5 Å². The van der Waals surface area contributed by atoms with Gasteiger partial charge in [0.1, 0.15) is 0 Å². The Morgan fingerprint density at radius 1 is 1.24 bits per heavy atom. The van der Waals surface area contributed by atoms with Crippen LogP contribution in [0.5, 0.6) is 0 Å². The van der Waals surface area contributed by atoms with E-state index in [1.807, 2.05) is 6.92 Å². The predicted octanol–water partition coefficient (Wildman–Crippen LogP) is 1.78. The second kappa shape index (κ2) is 6.87. The van der Waals surface area contributed by atoms with Gasteiger partial charge in [-0.3, -0.25) is 0 Å². The van der Waals surface area contributed by atoms with E-state index in [9.17, 15) is 13.5 Å². The number of hydrogen-bond acceptors (Lipinski definition) is 4. The van der Waals surface area contributed by atoms with Gasteiger partial charge in [0, 0.05) is 12.6 Å². The Morgan fingerprint density at radius 2 is 1.76 bits per heavy atom. The molecular formula is C15H26N2O3S. The fourth-order valence-corrected chi connectivity index (χ4v) is 2.67. The standard InChI is InChI=1S/C15H26N2O3S/c1-11(17-10-13(18)9-15(2,3)4)12-5-7-14(8-6-12)21(16,19)20/h5-8,11,13,17-18H,9-10H2,1-4H3,(H2,16,19,20). The molecule has 2 unspecified atom stereocenters. The van der Waals surface area contributed by atoms with E-state index in [1.54, 1.807) is 12.1 Å². The van der Waals surface area contributed by atoms with Gasteiger partial charge in [0.05, 0.1) is 11.0 Å². The molecule has 0 aliphatic carbocycles. The van der Waals surface area contributed by atoms with Crippen LogP contribution in [0.1, 0.15) is 45.7 Å². The normalized spacial score (nSPS) is 15.7. The Morgan fingerprint density at radius 3 is 2.19 bits per heavy atom. The van der Waals surface area contributed by atoms with E-state index >= 15 is 0 Å². The van der Waals surface area contributed by atoms with Crippen molar-refractivity contribution in [2.24, 2.45) is 10.6 Å². The Bertz CT molecular complexity index is 547. The third kappa shape index (κ3) is 6.56. The molecule has 120 valence electrons. The summed E-state index contributed by atoms with van der Waals surface area (Å²) in [5.41, 5.74) is 1.03. The van der Waals surface area contributed by atoms with Gasteiger partial charge in [-0.2, -0.15) is 0 Å². The van der Waals surface area contributed by atoms with Gasteiger partial charge in [-0.05, 0) is 36.5 Å². The fraction of sp³-hybridized carbons (Fsp3) is 0.600. The number of primary sulfonamides is 1. The molecule has 4 N–H and O–H groups in total. The minimum absolute atomic E-state index is 0.0224. The number of nitrogens with one attached hydrogen (secondary N) is 1. The molecule has 0 bridgehead atoms. The minimum Gasteiger partial charge on any atom is -0.392 e. The highest BCUT2D eigenvalue weighted by Crippen LogP contribution is 2.21. The minimum atomic E-state index is -3.65. The van der Waals surface area contributed by atoms with Crippen LogP contribution in [0.25, 0.3) is 0 Å². The van der Waals surface area contributed by atoms with Gasteiger partial charge in [0.2, 0.25) is 10.0 Å². The van der Waals surface area contributed by atoms with Crippen molar-refractivity contribution in [3.05, 3.63) is 29.8 Å². The Balaban J connectivity index is 2.58. The average molecular weight is 314 g/mol. The largest absolute Gasteiger partial charge is 0.392 e. The molecule has 21 heavy (non-hydrogen) atoms. The van der Waals surface area contributed by atoms with Crippen molar-refractivity contribution in [3.8, 4) is 0 Å². The van der Waals surface area contributed by atoms with E-state index in [0.717, 1.165) is 12.0 Å². The molecule has 0 saturated carbocycles. The molecule has 0 fully saturated rings. The van der Waals surface area contributed by atoms with Crippen LogP contribution in [-0.4, -0.2) is 26.2 Å². The Kier molecular flexibility index (Phi) is 5.92. The van der Waals surface area contributed by atoms with Crippen molar-refractivity contribution in [2.45, 2.75) is 51.2 Å². The first-order valence-corrected chi connectivity index (χ1v) is 8.58. The molecule has 0 heterocycles. The van der Waals surface area contributed by atoms with Gasteiger partial charge >= 0.3 is 0 Å². The van der Waals surface area contributed by atoms with Crippen molar-refractivity contribution in [3.63, 3.8) is 0 Å². The number of benzene rings is 1. The maximum Gasteiger partial charge on any atom is 0.238 e. The quantitative estimate of drug-likeness (QED) is 0.746. The number of hydrogen-bond donors (Lipinski definition) is 3. The molecule has 0 spiro atoms. The summed E-state index contributed by atoms with van der Waals surface area (Å²) in [5.74, 6) is 0. The zero-order chi connectivity index (χ0) is 16.3. The zero-order valence-electron chi connectivity index (χ0n) is 13.1. The lowest BCUT2D eigenvalue weighted by atomic mass is 9.89. The van der Waals surface area contributed by atoms with Crippen LogP contribution in [0.2, 0.25) is 0 Å². The highest BCUT2D eigenvalue weighted by Gasteiger charge is 2.17. The summed E-state index contributed by atoms with van der Waals surface area (Å²) in [5, 5.41) is 18.3. The Hall–Kier alpha value is -0.950. The van der Waals surface area contributed by atoms with Gasteiger partial charge in [-0.1, -0.05) is 32.9 Å². The first-order chi connectivity index (χ1) is 9.49. The maximum atomic E-state index is 11.2. The summed E-state index contributed by atoms with van der Waals surface area (Å²) in [6.45, 7) is 8.73. The van der Waals surface area contributed by atoms with Gasteiger partial charge < -0.3 is 10.4 Å². The molecular weight excluding hydrogens is 288 g/mol. The lowest BCUT2D eigenvalue weighted by Crippen LogP contribution is -2.31. The smallest absolute Gasteiger partial charge is 0.238 e. The molecule has 0 radical (unpaired) electrons. The summed E-state index contributed by atoms with van der Waals surface area (Å²) in [7, 11) is -3.65. The van der Waals surface area contributed by atoms with E-state index in [-0.39, 0.29) is 16.4 Å². The third-order valence-electron chi connectivity index (χ3n) is 3.22. The van der Waals surface area contributed by atoms with E-state index in [4.69, 9.17) is 5.14 Å². The van der Waals surface area contributed by atoms with Crippen molar-refractivity contribution in [2.75, 3.05) is 6.54 Å². The highest BCUT2D eigenvalue weighted by atomic mass is 32.2. The molecule has 1 rings (SSSR count). The van der Waals surface area contributed by atoms with E-state index in [1.165, 1.54) is 12.1 Å². The molecule has 5 nitrogen and oxygen atoms in total. The van der Waals surface area contributed by atoms with Crippen molar-refractivity contribution >= 4 is 10.0 Å². The van der Waals surface area contributed by atoms with Crippen molar-refractivity contribution in [1.82, 2.24) is 5.32 Å². The first-order valence-electron chi connectivity index (χ1n) is 7.03. The number of nitrogens with two attached hydrogens (primary N) is 1. The monoisotopic (exact) mass is 314 g/mol. The second-order valence-electron chi connectivity index (χ2n) is 6.66. The van der Waals surface area contributed by atoms with Gasteiger partial charge in [-0.25, -0.2) is 13.6 Å². The van der Waals surface area contributed by atoms with Gasteiger partial charge in [0.15, 0.2) is 0 Å². The summed E-state index contributed by atoms with van der Waals surface area (Å²) in [6.07, 6.45) is 0.313. The van der Waals surface area contributed by atoms with Crippen LogP contribution in [0.4, 0.5) is 0 Å². The van der Waals surface area contributed by atoms with E-state index in [0.29, 0.717) is 6.54 Å². The lowest BCUT2D eigenvalue weighted by molar-refractivity contribution is 0.117. The summed E-state index contributed by atoms with van der Waals surface area (Å²) >= 11 is 0. The summed E-state index contributed by atoms with van der Waals surface area (Å²) in [6, 6.07) is 6.47. The number of sulfonamides is 1. The Labute approximate surface area is 127 Å². The molecule has 0 aromatic heterocycles. The lowest BCUT2D eigenvalue weighted by Gasteiger charge is -2.24. The first kappa shape index (κ1) is 18.1. The number of aliphatic hydroxyl groups is 1. The number of aliphatic hydroxyl groups excluding tert-OH is 1. The second-order valence-corrected chi connectivity index (χ2v) is 8.22. The zero-order valence-corrected chi connectivity index (χ0v) is 13.9. The molecule has 0 aliphatic heterocycles. The average Bonchev–Trinajstić information content (AvgIpc) is 2.33. The molecule has 6 heteroatoms. The topological polar surface area (TPSA) is 92.4 Å². The molecule has 0 amide bonds. The third-order valence-corrected chi connectivity index (χ3v) is 4.15. The highest BCUT2D eigenvalue weighted by molar-refractivity contribution is 7.89. The molecule has 1 aromatic rings. The van der Waals surface area contributed by atoms with Crippen LogP contribution in [-0.2, 0) is 10.0 Å². The van der Waals surface area contributed by atoms with Crippen molar-refractivity contribution in [1.29, 1.82) is 0 Å². The summed E-state index contributed by atoms with van der Waals surface area (Å²) < 4.78 is 22.4. The van der Waals surface area contributed by atoms with Crippen LogP contribution in [0.15, 0.2) is 29.2 Å². The van der Waals surface area contributed by atoms with E-state index < -0.39 is 16.1 Å². The van der Waals surface area contributed by atoms with Gasteiger partial charge in [-0.15, -0.1) is 0 Å². The molecule has 2 atom stereocenters. The van der Waals surface area contributed by atoms with Gasteiger partial charge in [0.25, 0.3) is 0 Å². The van der Waals surface area contributed by atoms with Crippen molar-refractivity contribution < 1.29 is 13.5 Å². The molecule has 0 aliphatic rings. The van der Waals surface area contributed by atoms with Crippen LogP contribution >= 0.6 is 0 Å². The van der Waals surface area contributed by atoms with E-state index in [2.05, 4.69) is 26.1 Å². The van der Waals surface area contributed by atoms with Crippen LogP contribution in [0, 0.1) is 5.41 Å².